The maximum Gasteiger partial charge on any atom is 0.227 e. The summed E-state index contributed by atoms with van der Waals surface area (Å²) in [5.41, 5.74) is 0. The summed E-state index contributed by atoms with van der Waals surface area (Å²) in [6.45, 7) is 8.40. The molecule has 0 aromatic carbocycles. The zero-order valence-electron chi connectivity index (χ0n) is 12.7. The van der Waals surface area contributed by atoms with Crippen molar-refractivity contribution in [3.8, 4) is 0 Å². The Hall–Kier alpha value is -0.650. The van der Waals surface area contributed by atoms with Crippen LogP contribution in [0.1, 0.15) is 32.6 Å². The fraction of sp³-hybridized carbons (Fsp3) is 0.933. The zero-order chi connectivity index (χ0) is 14.2. The summed E-state index contributed by atoms with van der Waals surface area (Å²) in [4.78, 5) is 14.7. The molecule has 0 aromatic rings. The number of ether oxygens (including phenoxy) is 1. The quantitative estimate of drug-likeness (QED) is 0.718. The lowest BCUT2D eigenvalue weighted by Gasteiger charge is -2.26. The molecule has 0 aliphatic carbocycles. The van der Waals surface area contributed by atoms with Crippen LogP contribution in [0.2, 0.25) is 0 Å². The molecule has 2 rings (SSSR count). The number of carbonyl (C=O) groups excluding carboxylic acids is 1. The number of nitrogens with zero attached hydrogens (tertiary/aromatic N) is 1. The van der Waals surface area contributed by atoms with Crippen molar-refractivity contribution in [1.29, 1.82) is 0 Å². The van der Waals surface area contributed by atoms with Gasteiger partial charge in [0.25, 0.3) is 0 Å². The van der Waals surface area contributed by atoms with Gasteiger partial charge in [0.05, 0.1) is 19.1 Å². The molecule has 5 nitrogen and oxygen atoms in total. The molecule has 2 unspecified atom stereocenters. The summed E-state index contributed by atoms with van der Waals surface area (Å²) in [7, 11) is 0. The first kappa shape index (κ1) is 15.7. The van der Waals surface area contributed by atoms with Gasteiger partial charge in [0.1, 0.15) is 0 Å². The van der Waals surface area contributed by atoms with E-state index in [1.54, 1.807) is 0 Å². The highest BCUT2D eigenvalue weighted by molar-refractivity contribution is 5.79. The molecule has 5 heteroatoms. The van der Waals surface area contributed by atoms with Gasteiger partial charge >= 0.3 is 0 Å². The Kier molecular flexibility index (Phi) is 6.76. The second-order valence-corrected chi connectivity index (χ2v) is 5.90. The van der Waals surface area contributed by atoms with E-state index >= 15 is 0 Å². The highest BCUT2D eigenvalue weighted by Crippen LogP contribution is 2.14. The van der Waals surface area contributed by atoms with Crippen molar-refractivity contribution in [2.75, 3.05) is 45.9 Å². The Morgan fingerprint density at radius 3 is 2.75 bits per heavy atom. The molecule has 0 bridgehead atoms. The first-order valence-corrected chi connectivity index (χ1v) is 8.12. The van der Waals surface area contributed by atoms with Crippen LogP contribution < -0.4 is 10.6 Å². The Balaban J connectivity index is 1.65. The number of nitrogens with one attached hydrogen (secondary N) is 2. The van der Waals surface area contributed by atoms with Gasteiger partial charge in [-0.2, -0.15) is 0 Å². The summed E-state index contributed by atoms with van der Waals surface area (Å²) in [5, 5.41) is 6.48. The van der Waals surface area contributed by atoms with E-state index in [0.29, 0.717) is 13.2 Å². The van der Waals surface area contributed by atoms with Crippen LogP contribution in [0, 0.1) is 5.92 Å². The van der Waals surface area contributed by atoms with Crippen LogP contribution in [0.3, 0.4) is 0 Å². The van der Waals surface area contributed by atoms with Crippen LogP contribution in [-0.4, -0.2) is 62.8 Å². The van der Waals surface area contributed by atoms with Gasteiger partial charge in [-0.1, -0.05) is 13.3 Å². The number of carbonyl (C=O) groups is 1. The summed E-state index contributed by atoms with van der Waals surface area (Å²) < 4.78 is 5.45. The summed E-state index contributed by atoms with van der Waals surface area (Å²) >= 11 is 0. The SMILES string of the molecule is CCCNC1COCC1C(=O)NCCN1CCCCC1. The van der Waals surface area contributed by atoms with Gasteiger partial charge in [-0.25, -0.2) is 0 Å². The van der Waals surface area contributed by atoms with Gasteiger partial charge in [0.2, 0.25) is 5.91 Å². The maximum atomic E-state index is 12.2. The zero-order valence-corrected chi connectivity index (χ0v) is 12.7. The van der Waals surface area contributed by atoms with Gasteiger partial charge in [-0.3, -0.25) is 4.79 Å². The van der Waals surface area contributed by atoms with Crippen LogP contribution in [0.25, 0.3) is 0 Å². The molecule has 0 aromatic heterocycles. The second kappa shape index (κ2) is 8.60. The predicted molar refractivity (Wildman–Crippen MR) is 79.7 cm³/mol. The van der Waals surface area contributed by atoms with Crippen molar-refractivity contribution in [2.45, 2.75) is 38.6 Å². The van der Waals surface area contributed by atoms with Gasteiger partial charge in [0, 0.05) is 19.1 Å². The van der Waals surface area contributed by atoms with Crippen LogP contribution in [0.4, 0.5) is 0 Å². The molecular weight excluding hydrogens is 254 g/mol. The first-order chi connectivity index (χ1) is 9.81. The minimum Gasteiger partial charge on any atom is -0.379 e. The van der Waals surface area contributed by atoms with E-state index in [-0.39, 0.29) is 17.9 Å². The Morgan fingerprint density at radius 1 is 1.20 bits per heavy atom. The number of hydrogen-bond acceptors (Lipinski definition) is 4. The molecular formula is C15H29N3O2. The van der Waals surface area contributed by atoms with E-state index in [2.05, 4.69) is 22.5 Å². The molecule has 20 heavy (non-hydrogen) atoms. The van der Waals surface area contributed by atoms with E-state index < -0.39 is 0 Å². The summed E-state index contributed by atoms with van der Waals surface area (Å²) in [5.74, 6) is 0.121. The number of likely N-dealkylation sites (tertiary alicyclic amines) is 1. The molecule has 0 radical (unpaired) electrons. The molecule has 2 atom stereocenters. The van der Waals surface area contributed by atoms with Gasteiger partial charge in [0.15, 0.2) is 0 Å². The lowest BCUT2D eigenvalue weighted by Crippen LogP contribution is -2.46. The molecule has 116 valence electrons. The van der Waals surface area contributed by atoms with Gasteiger partial charge in [-0.15, -0.1) is 0 Å². The van der Waals surface area contributed by atoms with E-state index in [4.69, 9.17) is 4.74 Å². The highest BCUT2D eigenvalue weighted by Gasteiger charge is 2.33. The third-order valence-electron chi connectivity index (χ3n) is 4.25. The van der Waals surface area contributed by atoms with Crippen LogP contribution >= 0.6 is 0 Å². The predicted octanol–water partition coefficient (Wildman–Crippen LogP) is 0.603. The molecule has 2 aliphatic rings. The highest BCUT2D eigenvalue weighted by atomic mass is 16.5. The van der Waals surface area contributed by atoms with E-state index in [9.17, 15) is 4.79 Å². The first-order valence-electron chi connectivity index (χ1n) is 8.12. The lowest BCUT2D eigenvalue weighted by molar-refractivity contribution is -0.125. The van der Waals surface area contributed by atoms with E-state index in [1.165, 1.54) is 32.4 Å². The molecule has 2 heterocycles. The third kappa shape index (κ3) is 4.72. The monoisotopic (exact) mass is 283 g/mol. The Bertz CT molecular complexity index is 293. The maximum absolute atomic E-state index is 12.2. The Morgan fingerprint density at radius 2 is 2.00 bits per heavy atom. The second-order valence-electron chi connectivity index (χ2n) is 5.90. The van der Waals surface area contributed by atoms with Crippen LogP contribution in [-0.2, 0) is 9.53 Å². The van der Waals surface area contributed by atoms with Gasteiger partial charge < -0.3 is 20.3 Å². The van der Waals surface area contributed by atoms with E-state index in [1.807, 2.05) is 0 Å². The molecule has 2 aliphatic heterocycles. The molecule has 0 saturated carbocycles. The van der Waals surface area contributed by atoms with Crippen molar-refractivity contribution in [3.05, 3.63) is 0 Å². The summed E-state index contributed by atoms with van der Waals surface area (Å²) in [6, 6.07) is 0.185. The van der Waals surface area contributed by atoms with Crippen molar-refractivity contribution < 1.29 is 9.53 Å². The third-order valence-corrected chi connectivity index (χ3v) is 4.25. The fourth-order valence-electron chi connectivity index (χ4n) is 2.99. The topological polar surface area (TPSA) is 53.6 Å². The number of rotatable bonds is 7. The Labute approximate surface area is 122 Å². The average Bonchev–Trinajstić information content (AvgIpc) is 2.94. The number of amides is 1. The van der Waals surface area contributed by atoms with Crippen molar-refractivity contribution in [1.82, 2.24) is 15.5 Å². The lowest BCUT2D eigenvalue weighted by atomic mass is 10.0. The molecule has 2 fully saturated rings. The molecule has 2 N–H and O–H groups in total. The fourth-order valence-corrected chi connectivity index (χ4v) is 2.99. The summed E-state index contributed by atoms with van der Waals surface area (Å²) in [6.07, 6.45) is 5.04. The van der Waals surface area contributed by atoms with Crippen molar-refractivity contribution in [3.63, 3.8) is 0 Å². The van der Waals surface area contributed by atoms with Crippen LogP contribution in [0.15, 0.2) is 0 Å². The van der Waals surface area contributed by atoms with Crippen molar-refractivity contribution >= 4 is 5.91 Å². The number of hydrogen-bond donors (Lipinski definition) is 2. The average molecular weight is 283 g/mol. The number of piperidine rings is 1. The molecule has 0 spiro atoms. The minimum atomic E-state index is -0.0251. The standard InChI is InChI=1S/C15H29N3O2/c1-2-6-16-14-12-20-11-13(14)15(19)17-7-10-18-8-4-3-5-9-18/h13-14,16H,2-12H2,1H3,(H,17,19). The molecule has 2 saturated heterocycles. The normalized spacial score (nSPS) is 27.6. The minimum absolute atomic E-state index is 0.0251. The van der Waals surface area contributed by atoms with Gasteiger partial charge in [-0.05, 0) is 38.9 Å². The smallest absolute Gasteiger partial charge is 0.227 e. The van der Waals surface area contributed by atoms with E-state index in [0.717, 1.165) is 26.1 Å². The largest absolute Gasteiger partial charge is 0.379 e. The van der Waals surface area contributed by atoms with Crippen LogP contribution in [0.5, 0.6) is 0 Å². The molecule has 1 amide bonds. The van der Waals surface area contributed by atoms with Crippen molar-refractivity contribution in [2.24, 2.45) is 5.92 Å².